The van der Waals surface area contributed by atoms with E-state index in [2.05, 4.69) is 20.6 Å². The van der Waals surface area contributed by atoms with Gasteiger partial charge >= 0.3 is 6.03 Å². The zero-order valence-corrected chi connectivity index (χ0v) is 16.5. The number of nitrogens with zero attached hydrogens (tertiary/aromatic N) is 4. The van der Waals surface area contributed by atoms with Gasteiger partial charge in [-0.15, -0.1) is 0 Å². The van der Waals surface area contributed by atoms with Crippen LogP contribution in [0.2, 0.25) is 0 Å². The number of amides is 2. The van der Waals surface area contributed by atoms with Crippen molar-refractivity contribution >= 4 is 22.9 Å². The second kappa shape index (κ2) is 8.69. The minimum Gasteiger partial charge on any atom is -0.338 e. The summed E-state index contributed by atoms with van der Waals surface area (Å²) in [5.74, 6) is 0.460. The number of nitrogens with one attached hydrogen (secondary N) is 2. The van der Waals surface area contributed by atoms with Crippen LogP contribution in [-0.2, 0) is 6.54 Å². The van der Waals surface area contributed by atoms with Crippen LogP contribution in [-0.4, -0.2) is 32.1 Å². The molecule has 30 heavy (non-hydrogen) atoms. The number of halogens is 1. The molecule has 0 saturated heterocycles. The van der Waals surface area contributed by atoms with Crippen LogP contribution in [0.4, 0.5) is 14.9 Å². The van der Waals surface area contributed by atoms with E-state index < -0.39 is 0 Å². The Hall–Kier alpha value is -3.81. The molecule has 152 valence electrons. The lowest BCUT2D eigenvalue weighted by Gasteiger charge is -2.11. The highest BCUT2D eigenvalue weighted by Gasteiger charge is 2.13. The number of hydrogen-bond acceptors (Lipinski definition) is 4. The molecule has 4 aromatic rings. The molecule has 0 fully saturated rings. The van der Waals surface area contributed by atoms with Gasteiger partial charge in [0.15, 0.2) is 5.65 Å². The fourth-order valence-corrected chi connectivity index (χ4v) is 3.18. The van der Waals surface area contributed by atoms with E-state index in [1.165, 1.54) is 6.07 Å². The van der Waals surface area contributed by atoms with Crippen molar-refractivity contribution in [2.75, 3.05) is 11.9 Å². The predicted molar refractivity (Wildman–Crippen MR) is 114 cm³/mol. The molecule has 0 aliphatic heterocycles. The molecular formula is C22H21FN6O. The Morgan fingerprint density at radius 1 is 1.13 bits per heavy atom. The first-order valence-electron chi connectivity index (χ1n) is 9.64. The van der Waals surface area contributed by atoms with E-state index in [1.54, 1.807) is 37.6 Å². The summed E-state index contributed by atoms with van der Waals surface area (Å²) in [5, 5.41) is 5.44. The molecule has 2 N–H and O–H groups in total. The number of benzene rings is 1. The number of hydrogen-bond donors (Lipinski definition) is 2. The third-order valence-electron chi connectivity index (χ3n) is 4.72. The zero-order chi connectivity index (χ0) is 20.9. The first-order valence-corrected chi connectivity index (χ1v) is 9.64. The van der Waals surface area contributed by atoms with Crippen LogP contribution >= 0.6 is 0 Å². The number of fused-ring (bicyclic) bond motifs is 1. The zero-order valence-electron chi connectivity index (χ0n) is 16.5. The van der Waals surface area contributed by atoms with Crippen molar-refractivity contribution < 1.29 is 9.18 Å². The third kappa shape index (κ3) is 4.27. The van der Waals surface area contributed by atoms with Gasteiger partial charge in [0.1, 0.15) is 17.2 Å². The minimum atomic E-state index is -0.374. The maximum Gasteiger partial charge on any atom is 0.319 e. The summed E-state index contributed by atoms with van der Waals surface area (Å²) in [4.78, 5) is 25.3. The molecule has 3 aromatic heterocycles. The SMILES string of the molecule is Cc1ccc(NC(=O)NCCCn2c(-c3ccncc3)nc3cccnc32)cc1F. The molecule has 7 nitrogen and oxygen atoms in total. The molecular weight excluding hydrogens is 383 g/mol. The molecule has 0 aliphatic rings. The fourth-order valence-electron chi connectivity index (χ4n) is 3.18. The number of aryl methyl sites for hydroxylation is 2. The predicted octanol–water partition coefficient (Wildman–Crippen LogP) is 4.15. The Labute approximate surface area is 173 Å². The molecule has 0 saturated carbocycles. The summed E-state index contributed by atoms with van der Waals surface area (Å²) in [7, 11) is 0. The number of rotatable bonds is 6. The molecule has 8 heteroatoms. The maximum atomic E-state index is 13.6. The first kappa shape index (κ1) is 19.5. The van der Waals surface area contributed by atoms with Crippen molar-refractivity contribution in [2.45, 2.75) is 19.9 Å². The van der Waals surface area contributed by atoms with Crippen LogP contribution in [0.1, 0.15) is 12.0 Å². The number of pyridine rings is 2. The van der Waals surface area contributed by atoms with Crippen molar-refractivity contribution in [2.24, 2.45) is 0 Å². The van der Waals surface area contributed by atoms with Crippen LogP contribution in [0.15, 0.2) is 61.1 Å². The van der Waals surface area contributed by atoms with Gasteiger partial charge in [-0.2, -0.15) is 0 Å². The molecule has 0 radical (unpaired) electrons. The Kier molecular flexibility index (Phi) is 5.65. The van der Waals surface area contributed by atoms with Crippen LogP contribution in [0.25, 0.3) is 22.6 Å². The standard InChI is InChI=1S/C22H21FN6O/c1-15-5-6-17(14-18(15)23)27-22(30)26-10-3-13-29-20(16-7-11-24-12-8-16)28-19-4-2-9-25-21(19)29/h2,4-9,11-12,14H,3,10,13H2,1H3,(H2,26,27,30). The molecule has 4 rings (SSSR count). The summed E-state index contributed by atoms with van der Waals surface area (Å²) >= 11 is 0. The van der Waals surface area contributed by atoms with Crippen molar-refractivity contribution in [3.63, 3.8) is 0 Å². The average molecular weight is 404 g/mol. The van der Waals surface area contributed by atoms with Gasteiger partial charge in [0.05, 0.1) is 0 Å². The Morgan fingerprint density at radius 3 is 2.77 bits per heavy atom. The van der Waals surface area contributed by atoms with Gasteiger partial charge in [-0.3, -0.25) is 4.98 Å². The lowest BCUT2D eigenvalue weighted by Crippen LogP contribution is -2.30. The van der Waals surface area contributed by atoms with E-state index in [-0.39, 0.29) is 11.8 Å². The van der Waals surface area contributed by atoms with E-state index in [0.717, 1.165) is 22.6 Å². The smallest absolute Gasteiger partial charge is 0.319 e. The Bertz CT molecular complexity index is 1170. The topological polar surface area (TPSA) is 84.7 Å². The highest BCUT2D eigenvalue weighted by atomic mass is 19.1. The molecule has 0 aliphatic carbocycles. The van der Waals surface area contributed by atoms with E-state index in [0.29, 0.717) is 30.8 Å². The highest BCUT2D eigenvalue weighted by molar-refractivity contribution is 5.89. The number of anilines is 1. The minimum absolute atomic E-state index is 0.351. The van der Waals surface area contributed by atoms with E-state index in [9.17, 15) is 9.18 Å². The molecule has 0 spiro atoms. The Morgan fingerprint density at radius 2 is 1.97 bits per heavy atom. The van der Waals surface area contributed by atoms with E-state index in [4.69, 9.17) is 4.98 Å². The van der Waals surface area contributed by atoms with Gasteiger partial charge in [-0.05, 0) is 55.3 Å². The van der Waals surface area contributed by atoms with Gasteiger partial charge in [0.2, 0.25) is 0 Å². The number of carbonyl (C=O) groups is 1. The highest BCUT2D eigenvalue weighted by Crippen LogP contribution is 2.23. The maximum absolute atomic E-state index is 13.6. The molecule has 1 aromatic carbocycles. The number of aromatic nitrogens is 4. The van der Waals surface area contributed by atoms with Gasteiger partial charge < -0.3 is 15.2 Å². The van der Waals surface area contributed by atoms with Crippen LogP contribution < -0.4 is 10.6 Å². The van der Waals surface area contributed by atoms with E-state index >= 15 is 0 Å². The normalized spacial score (nSPS) is 10.9. The quantitative estimate of drug-likeness (QED) is 0.473. The van der Waals surface area contributed by atoms with Crippen LogP contribution in [0.5, 0.6) is 0 Å². The Balaban J connectivity index is 1.40. The molecule has 3 heterocycles. The number of urea groups is 1. The van der Waals surface area contributed by atoms with Crippen molar-refractivity contribution in [1.29, 1.82) is 0 Å². The van der Waals surface area contributed by atoms with Crippen molar-refractivity contribution in [3.05, 3.63) is 72.4 Å². The van der Waals surface area contributed by atoms with E-state index in [1.807, 2.05) is 28.8 Å². The monoisotopic (exact) mass is 404 g/mol. The largest absolute Gasteiger partial charge is 0.338 e. The summed E-state index contributed by atoms with van der Waals surface area (Å²) in [6.07, 6.45) is 5.87. The van der Waals surface area contributed by atoms with Gasteiger partial charge in [-0.25, -0.2) is 19.2 Å². The molecule has 2 amide bonds. The van der Waals surface area contributed by atoms with Crippen LogP contribution in [0, 0.1) is 12.7 Å². The van der Waals surface area contributed by atoms with Crippen LogP contribution in [0.3, 0.4) is 0 Å². The summed E-state index contributed by atoms with van der Waals surface area (Å²) in [5.41, 5.74) is 3.52. The summed E-state index contributed by atoms with van der Waals surface area (Å²) in [6, 6.07) is 11.8. The second-order valence-electron chi connectivity index (χ2n) is 6.87. The summed E-state index contributed by atoms with van der Waals surface area (Å²) in [6.45, 7) is 2.75. The number of carbonyl (C=O) groups excluding carboxylic acids is 1. The fraction of sp³-hybridized carbons (Fsp3) is 0.182. The van der Waals surface area contributed by atoms with Crippen molar-refractivity contribution in [3.8, 4) is 11.4 Å². The second-order valence-corrected chi connectivity index (χ2v) is 6.87. The number of imidazole rings is 1. The van der Waals surface area contributed by atoms with Gasteiger partial charge in [-0.1, -0.05) is 6.07 Å². The van der Waals surface area contributed by atoms with Gasteiger partial charge in [0, 0.05) is 42.9 Å². The third-order valence-corrected chi connectivity index (χ3v) is 4.72. The lowest BCUT2D eigenvalue weighted by molar-refractivity contribution is 0.252. The molecule has 0 bridgehead atoms. The lowest BCUT2D eigenvalue weighted by atomic mass is 10.2. The van der Waals surface area contributed by atoms with Crippen molar-refractivity contribution in [1.82, 2.24) is 24.8 Å². The average Bonchev–Trinajstić information content (AvgIpc) is 3.13. The first-order chi connectivity index (χ1) is 14.6. The van der Waals surface area contributed by atoms with Gasteiger partial charge in [0.25, 0.3) is 0 Å². The summed E-state index contributed by atoms with van der Waals surface area (Å²) < 4.78 is 15.6. The molecule has 0 unspecified atom stereocenters. The molecule has 0 atom stereocenters.